The smallest absolute Gasteiger partial charge is 0.246 e. The van der Waals surface area contributed by atoms with E-state index < -0.39 is 0 Å². The fourth-order valence-corrected chi connectivity index (χ4v) is 3.04. The third kappa shape index (κ3) is 4.16. The van der Waals surface area contributed by atoms with Gasteiger partial charge in [-0.1, -0.05) is 49.7 Å². The molecule has 0 spiro atoms. The van der Waals surface area contributed by atoms with Crippen molar-refractivity contribution in [1.82, 2.24) is 0 Å². The first kappa shape index (κ1) is 18.1. The van der Waals surface area contributed by atoms with Crippen LogP contribution in [0.15, 0.2) is 36.4 Å². The van der Waals surface area contributed by atoms with Crippen molar-refractivity contribution in [3.05, 3.63) is 58.7 Å². The fourth-order valence-electron chi connectivity index (χ4n) is 3.04. The second-order valence-electron chi connectivity index (χ2n) is 6.87. The lowest BCUT2D eigenvalue weighted by Gasteiger charge is -2.20. The molecule has 0 fully saturated rings. The van der Waals surface area contributed by atoms with Crippen molar-refractivity contribution in [3.8, 4) is 0 Å². The van der Waals surface area contributed by atoms with E-state index in [2.05, 4.69) is 49.6 Å². The van der Waals surface area contributed by atoms with Gasteiger partial charge in [-0.25, -0.2) is 0 Å². The van der Waals surface area contributed by atoms with E-state index in [1.54, 1.807) is 0 Å². The normalized spacial score (nSPS) is 12.1. The third-order valence-electron chi connectivity index (χ3n) is 4.27. The van der Waals surface area contributed by atoms with Gasteiger partial charge in [-0.15, -0.1) is 0 Å². The van der Waals surface area contributed by atoms with Gasteiger partial charge >= 0.3 is 0 Å². The molecule has 0 bridgehead atoms. The summed E-state index contributed by atoms with van der Waals surface area (Å²) in [4.78, 5) is 12.6. The number of amides is 1. The van der Waals surface area contributed by atoms with E-state index in [4.69, 9.17) is 0 Å². The SMILES string of the molecule is Cc1cc(C)c(NC(=O)[C@H](C)Nc2ccccc2C(C)C)c(C)c1. The van der Waals surface area contributed by atoms with E-state index in [9.17, 15) is 4.79 Å². The van der Waals surface area contributed by atoms with Gasteiger partial charge in [-0.3, -0.25) is 4.79 Å². The summed E-state index contributed by atoms with van der Waals surface area (Å²) in [7, 11) is 0. The highest BCUT2D eigenvalue weighted by atomic mass is 16.2. The zero-order valence-electron chi connectivity index (χ0n) is 15.5. The summed E-state index contributed by atoms with van der Waals surface area (Å²) in [5.41, 5.74) is 6.55. The monoisotopic (exact) mass is 324 g/mol. The van der Waals surface area contributed by atoms with Crippen molar-refractivity contribution in [2.45, 2.75) is 53.5 Å². The summed E-state index contributed by atoms with van der Waals surface area (Å²) in [5.74, 6) is 0.383. The first-order chi connectivity index (χ1) is 11.3. The molecular formula is C21H28N2O. The molecule has 1 amide bonds. The molecule has 3 heteroatoms. The van der Waals surface area contributed by atoms with Crippen LogP contribution in [0.25, 0.3) is 0 Å². The van der Waals surface area contributed by atoms with Crippen LogP contribution >= 0.6 is 0 Å². The van der Waals surface area contributed by atoms with Crippen LogP contribution in [0.2, 0.25) is 0 Å². The molecule has 1 atom stereocenters. The van der Waals surface area contributed by atoms with Crippen LogP contribution in [0, 0.1) is 20.8 Å². The van der Waals surface area contributed by atoms with E-state index >= 15 is 0 Å². The van der Waals surface area contributed by atoms with E-state index in [0.717, 1.165) is 22.5 Å². The summed E-state index contributed by atoms with van der Waals surface area (Å²) in [6, 6.07) is 12.0. The van der Waals surface area contributed by atoms with Crippen LogP contribution in [0.5, 0.6) is 0 Å². The van der Waals surface area contributed by atoms with Gasteiger partial charge in [0.15, 0.2) is 0 Å². The largest absolute Gasteiger partial charge is 0.374 e. The first-order valence-corrected chi connectivity index (χ1v) is 8.53. The lowest BCUT2D eigenvalue weighted by Crippen LogP contribution is -2.32. The number of benzene rings is 2. The number of carbonyl (C=O) groups excluding carboxylic acids is 1. The molecule has 2 N–H and O–H groups in total. The second kappa shape index (κ2) is 7.52. The van der Waals surface area contributed by atoms with Crippen molar-refractivity contribution in [3.63, 3.8) is 0 Å². The summed E-state index contributed by atoms with van der Waals surface area (Å²) >= 11 is 0. The molecule has 0 aliphatic heterocycles. The van der Waals surface area contributed by atoms with Crippen molar-refractivity contribution in [2.75, 3.05) is 10.6 Å². The Morgan fingerprint density at radius 1 is 0.958 bits per heavy atom. The predicted octanol–water partition coefficient (Wildman–Crippen LogP) is 5.17. The van der Waals surface area contributed by atoms with Gasteiger partial charge in [0, 0.05) is 11.4 Å². The van der Waals surface area contributed by atoms with E-state index in [1.807, 2.05) is 39.0 Å². The van der Waals surface area contributed by atoms with Gasteiger partial charge in [0.05, 0.1) is 0 Å². The molecule has 0 radical (unpaired) electrons. The molecule has 0 aliphatic rings. The van der Waals surface area contributed by atoms with E-state index in [1.165, 1.54) is 11.1 Å². The number of anilines is 2. The van der Waals surface area contributed by atoms with Crippen molar-refractivity contribution >= 4 is 17.3 Å². The molecule has 3 nitrogen and oxygen atoms in total. The number of carbonyl (C=O) groups is 1. The maximum absolute atomic E-state index is 12.6. The van der Waals surface area contributed by atoms with Gasteiger partial charge in [0.1, 0.15) is 6.04 Å². The van der Waals surface area contributed by atoms with E-state index in [-0.39, 0.29) is 11.9 Å². The molecule has 0 aromatic heterocycles. The van der Waals surface area contributed by atoms with Gasteiger partial charge in [-0.05, 0) is 56.4 Å². The summed E-state index contributed by atoms with van der Waals surface area (Å²) in [6.45, 7) is 12.3. The van der Waals surface area contributed by atoms with E-state index in [0.29, 0.717) is 5.92 Å². The second-order valence-corrected chi connectivity index (χ2v) is 6.87. The summed E-state index contributed by atoms with van der Waals surface area (Å²) in [5, 5.41) is 6.42. The number of hydrogen-bond acceptors (Lipinski definition) is 2. The molecule has 2 aromatic carbocycles. The molecule has 0 saturated carbocycles. The van der Waals surface area contributed by atoms with Crippen LogP contribution in [0.4, 0.5) is 11.4 Å². The molecule has 2 aromatic rings. The molecule has 2 rings (SSSR count). The molecule has 0 heterocycles. The average Bonchev–Trinajstić information content (AvgIpc) is 2.50. The predicted molar refractivity (Wildman–Crippen MR) is 103 cm³/mol. The van der Waals surface area contributed by atoms with Gasteiger partial charge < -0.3 is 10.6 Å². The highest BCUT2D eigenvalue weighted by Gasteiger charge is 2.17. The molecule has 0 saturated heterocycles. The first-order valence-electron chi connectivity index (χ1n) is 8.53. The Kier molecular flexibility index (Phi) is 5.66. The Labute approximate surface area is 145 Å². The Bertz CT molecular complexity index is 711. The van der Waals surface area contributed by atoms with Crippen LogP contribution in [0.1, 0.15) is 48.9 Å². The minimum absolute atomic E-state index is 0.0244. The highest BCUT2D eigenvalue weighted by Crippen LogP contribution is 2.25. The molecule has 0 unspecified atom stereocenters. The fraction of sp³-hybridized carbons (Fsp3) is 0.381. The summed E-state index contributed by atoms with van der Waals surface area (Å²) < 4.78 is 0. The van der Waals surface area contributed by atoms with Crippen LogP contribution < -0.4 is 10.6 Å². The standard InChI is InChI=1S/C21H28N2O/c1-13(2)18-9-7-8-10-19(18)22-17(6)21(24)23-20-15(4)11-14(3)12-16(20)5/h7-13,17,22H,1-6H3,(H,23,24)/t17-/m0/s1. The molecule has 24 heavy (non-hydrogen) atoms. The Morgan fingerprint density at radius 2 is 1.54 bits per heavy atom. The Morgan fingerprint density at radius 3 is 2.12 bits per heavy atom. The van der Waals surface area contributed by atoms with Gasteiger partial charge in [0.2, 0.25) is 5.91 Å². The topological polar surface area (TPSA) is 41.1 Å². The Hall–Kier alpha value is -2.29. The number of nitrogens with one attached hydrogen (secondary N) is 2. The number of para-hydroxylation sites is 1. The highest BCUT2D eigenvalue weighted by molar-refractivity contribution is 5.97. The van der Waals surface area contributed by atoms with Crippen molar-refractivity contribution in [2.24, 2.45) is 0 Å². The third-order valence-corrected chi connectivity index (χ3v) is 4.27. The molecule has 128 valence electrons. The lowest BCUT2D eigenvalue weighted by atomic mass is 10.0. The van der Waals surface area contributed by atoms with Crippen molar-refractivity contribution < 1.29 is 4.79 Å². The van der Waals surface area contributed by atoms with Gasteiger partial charge in [-0.2, -0.15) is 0 Å². The molecule has 0 aliphatic carbocycles. The number of rotatable bonds is 5. The van der Waals surface area contributed by atoms with Gasteiger partial charge in [0.25, 0.3) is 0 Å². The molecular weight excluding hydrogens is 296 g/mol. The zero-order valence-corrected chi connectivity index (χ0v) is 15.5. The average molecular weight is 324 g/mol. The van der Waals surface area contributed by atoms with Crippen LogP contribution in [-0.2, 0) is 4.79 Å². The van der Waals surface area contributed by atoms with Crippen LogP contribution in [-0.4, -0.2) is 11.9 Å². The minimum Gasteiger partial charge on any atom is -0.374 e. The minimum atomic E-state index is -0.315. The maximum Gasteiger partial charge on any atom is 0.246 e. The lowest BCUT2D eigenvalue weighted by molar-refractivity contribution is -0.116. The van der Waals surface area contributed by atoms with Crippen LogP contribution in [0.3, 0.4) is 0 Å². The quantitative estimate of drug-likeness (QED) is 0.796. The zero-order chi connectivity index (χ0) is 17.9. The Balaban J connectivity index is 2.14. The maximum atomic E-state index is 12.6. The summed E-state index contributed by atoms with van der Waals surface area (Å²) in [6.07, 6.45) is 0. The number of hydrogen-bond donors (Lipinski definition) is 2. The number of aryl methyl sites for hydroxylation is 3. The van der Waals surface area contributed by atoms with Crippen molar-refractivity contribution in [1.29, 1.82) is 0 Å².